The Morgan fingerprint density at radius 3 is 2.16 bits per heavy atom. The van der Waals surface area contributed by atoms with Gasteiger partial charge >= 0.3 is 0 Å². The van der Waals surface area contributed by atoms with Crippen molar-refractivity contribution in [3.8, 4) is 0 Å². The van der Waals surface area contributed by atoms with Crippen LogP contribution in [0.25, 0.3) is 0 Å². The van der Waals surface area contributed by atoms with E-state index in [2.05, 4.69) is 24.5 Å². The van der Waals surface area contributed by atoms with E-state index in [4.69, 9.17) is 12.2 Å². The first-order valence-corrected chi connectivity index (χ1v) is 11.0. The lowest BCUT2D eigenvalue weighted by molar-refractivity contribution is 0.0974. The molecule has 0 aliphatic carbocycles. The fourth-order valence-electron chi connectivity index (χ4n) is 3.32. The maximum absolute atomic E-state index is 13.3. The molecule has 3 rings (SSSR count). The van der Waals surface area contributed by atoms with Gasteiger partial charge in [0.25, 0.3) is 11.8 Å². The van der Waals surface area contributed by atoms with Gasteiger partial charge in [0.1, 0.15) is 0 Å². The van der Waals surface area contributed by atoms with Crippen molar-refractivity contribution in [2.45, 2.75) is 26.7 Å². The van der Waals surface area contributed by atoms with Gasteiger partial charge < -0.3 is 10.2 Å². The van der Waals surface area contributed by atoms with E-state index in [1.165, 1.54) is 0 Å². The van der Waals surface area contributed by atoms with E-state index in [0.29, 0.717) is 29.3 Å². The molecule has 32 heavy (non-hydrogen) atoms. The smallest absolute Gasteiger partial charge is 0.260 e. The average Bonchev–Trinajstić information content (AvgIpc) is 2.80. The van der Waals surface area contributed by atoms with Crippen LogP contribution in [-0.4, -0.2) is 23.5 Å². The van der Waals surface area contributed by atoms with Crippen LogP contribution in [0.2, 0.25) is 0 Å². The number of amides is 2. The summed E-state index contributed by atoms with van der Waals surface area (Å²) in [6, 6.07) is 24.1. The number of anilines is 2. The molecule has 3 aromatic rings. The summed E-state index contributed by atoms with van der Waals surface area (Å²) in [5, 5.41) is 5.83. The van der Waals surface area contributed by atoms with Crippen LogP contribution < -0.4 is 15.5 Å². The number of nitrogens with one attached hydrogen (secondary N) is 2. The van der Waals surface area contributed by atoms with E-state index in [-0.39, 0.29) is 16.9 Å². The first-order chi connectivity index (χ1) is 15.4. The van der Waals surface area contributed by atoms with Crippen LogP contribution in [-0.2, 0) is 0 Å². The van der Waals surface area contributed by atoms with E-state index in [0.717, 1.165) is 11.3 Å². The van der Waals surface area contributed by atoms with Crippen molar-refractivity contribution in [1.82, 2.24) is 5.32 Å². The molecule has 0 heterocycles. The zero-order valence-electron chi connectivity index (χ0n) is 18.5. The summed E-state index contributed by atoms with van der Waals surface area (Å²) in [4.78, 5) is 27.5. The number of benzene rings is 3. The van der Waals surface area contributed by atoms with Crippen molar-refractivity contribution in [2.24, 2.45) is 0 Å². The molecular formula is C26H27N3O2S. The summed E-state index contributed by atoms with van der Waals surface area (Å²) in [5.74, 6) is -0.0660. The van der Waals surface area contributed by atoms with Crippen molar-refractivity contribution in [3.63, 3.8) is 0 Å². The molecule has 3 aromatic carbocycles. The van der Waals surface area contributed by atoms with Crippen molar-refractivity contribution < 1.29 is 9.59 Å². The molecule has 0 saturated carbocycles. The van der Waals surface area contributed by atoms with E-state index in [1.54, 1.807) is 35.2 Å². The molecule has 2 amide bonds. The minimum absolute atomic E-state index is 0.131. The Morgan fingerprint density at radius 1 is 0.906 bits per heavy atom. The zero-order valence-corrected chi connectivity index (χ0v) is 19.3. The van der Waals surface area contributed by atoms with Gasteiger partial charge in [-0.05, 0) is 67.0 Å². The van der Waals surface area contributed by atoms with Gasteiger partial charge in [0.15, 0.2) is 5.11 Å². The molecule has 5 nitrogen and oxygen atoms in total. The lowest BCUT2D eigenvalue weighted by Crippen LogP contribution is -2.35. The van der Waals surface area contributed by atoms with Gasteiger partial charge in [0.05, 0.1) is 11.3 Å². The molecule has 6 heteroatoms. The summed E-state index contributed by atoms with van der Waals surface area (Å²) >= 11 is 5.35. The van der Waals surface area contributed by atoms with E-state index >= 15 is 0 Å². The second-order valence-electron chi connectivity index (χ2n) is 7.62. The number of thiocarbonyl (C=S) groups is 1. The Morgan fingerprint density at radius 2 is 1.53 bits per heavy atom. The Bertz CT molecular complexity index is 1100. The minimum atomic E-state index is -0.305. The SMILES string of the molecule is CCN(C(=O)c1ccccc1NC(=S)NC(=O)c1ccc(C(C)C)cc1)c1ccccc1. The molecule has 0 aromatic heterocycles. The molecule has 0 saturated heterocycles. The predicted molar refractivity (Wildman–Crippen MR) is 134 cm³/mol. The van der Waals surface area contributed by atoms with E-state index < -0.39 is 0 Å². The number of carbonyl (C=O) groups excluding carboxylic acids is 2. The van der Waals surface area contributed by atoms with Crippen molar-refractivity contribution in [1.29, 1.82) is 0 Å². The van der Waals surface area contributed by atoms with Crippen LogP contribution in [0, 0.1) is 0 Å². The van der Waals surface area contributed by atoms with Gasteiger partial charge in [-0.15, -0.1) is 0 Å². The van der Waals surface area contributed by atoms with Crippen molar-refractivity contribution >= 4 is 40.5 Å². The fraction of sp³-hybridized carbons (Fsp3) is 0.192. The first kappa shape index (κ1) is 23.2. The van der Waals surface area contributed by atoms with Gasteiger partial charge in [-0.3, -0.25) is 14.9 Å². The molecule has 0 unspecified atom stereocenters. The largest absolute Gasteiger partial charge is 0.332 e. The van der Waals surface area contributed by atoms with Gasteiger partial charge in [0.2, 0.25) is 0 Å². The Labute approximate surface area is 194 Å². The quantitative estimate of drug-likeness (QED) is 0.485. The topological polar surface area (TPSA) is 61.4 Å². The predicted octanol–water partition coefficient (Wildman–Crippen LogP) is 5.60. The Hall–Kier alpha value is -3.51. The first-order valence-electron chi connectivity index (χ1n) is 10.6. The highest BCUT2D eigenvalue weighted by Crippen LogP contribution is 2.22. The second-order valence-corrected chi connectivity index (χ2v) is 8.02. The van der Waals surface area contributed by atoms with Gasteiger partial charge in [0, 0.05) is 17.8 Å². The number of hydrogen-bond acceptors (Lipinski definition) is 3. The molecule has 0 fully saturated rings. The molecule has 0 spiro atoms. The Balaban J connectivity index is 1.73. The van der Waals surface area contributed by atoms with Crippen LogP contribution in [0.4, 0.5) is 11.4 Å². The highest BCUT2D eigenvalue weighted by molar-refractivity contribution is 7.80. The third-order valence-corrected chi connectivity index (χ3v) is 5.31. The summed E-state index contributed by atoms with van der Waals surface area (Å²) in [6.45, 7) is 6.65. The molecular weight excluding hydrogens is 418 g/mol. The monoisotopic (exact) mass is 445 g/mol. The third-order valence-electron chi connectivity index (χ3n) is 5.10. The zero-order chi connectivity index (χ0) is 23.1. The average molecular weight is 446 g/mol. The second kappa shape index (κ2) is 10.7. The summed E-state index contributed by atoms with van der Waals surface area (Å²) < 4.78 is 0. The maximum atomic E-state index is 13.3. The van der Waals surface area contributed by atoms with Crippen LogP contribution in [0.3, 0.4) is 0 Å². The lowest BCUT2D eigenvalue weighted by atomic mass is 10.0. The van der Waals surface area contributed by atoms with Gasteiger partial charge in [-0.25, -0.2) is 0 Å². The molecule has 0 atom stereocenters. The Kier molecular flexibility index (Phi) is 7.73. The molecule has 164 valence electrons. The molecule has 0 aliphatic heterocycles. The highest BCUT2D eigenvalue weighted by Gasteiger charge is 2.20. The highest BCUT2D eigenvalue weighted by atomic mass is 32.1. The number of nitrogens with zero attached hydrogens (tertiary/aromatic N) is 1. The maximum Gasteiger partial charge on any atom is 0.260 e. The van der Waals surface area contributed by atoms with Crippen LogP contribution in [0.1, 0.15) is 53.0 Å². The summed E-state index contributed by atoms with van der Waals surface area (Å²) in [6.07, 6.45) is 0. The number of rotatable bonds is 6. The number of para-hydroxylation sites is 2. The van der Waals surface area contributed by atoms with Crippen LogP contribution >= 0.6 is 12.2 Å². The van der Waals surface area contributed by atoms with Gasteiger partial charge in [-0.2, -0.15) is 0 Å². The normalized spacial score (nSPS) is 10.5. The molecule has 0 radical (unpaired) electrons. The van der Waals surface area contributed by atoms with Crippen LogP contribution in [0.15, 0.2) is 78.9 Å². The van der Waals surface area contributed by atoms with E-state index in [9.17, 15) is 9.59 Å². The van der Waals surface area contributed by atoms with Crippen molar-refractivity contribution in [2.75, 3.05) is 16.8 Å². The summed E-state index contributed by atoms with van der Waals surface area (Å²) in [7, 11) is 0. The number of carbonyl (C=O) groups is 2. The standard InChI is InChI=1S/C26H27N3O2S/c1-4-29(21-10-6-5-7-11-21)25(31)22-12-8-9-13-23(22)27-26(32)28-24(30)20-16-14-19(15-17-20)18(2)3/h5-18H,4H2,1-3H3,(H2,27,28,30,32). The van der Waals surface area contributed by atoms with E-state index in [1.807, 2.05) is 55.5 Å². The van der Waals surface area contributed by atoms with Crippen molar-refractivity contribution in [3.05, 3.63) is 95.6 Å². The molecule has 0 aliphatic rings. The van der Waals surface area contributed by atoms with Crippen LogP contribution in [0.5, 0.6) is 0 Å². The summed E-state index contributed by atoms with van der Waals surface area (Å²) in [5.41, 5.74) is 3.50. The third kappa shape index (κ3) is 5.59. The lowest BCUT2D eigenvalue weighted by Gasteiger charge is -2.23. The number of hydrogen-bond donors (Lipinski definition) is 2. The minimum Gasteiger partial charge on any atom is -0.332 e. The molecule has 2 N–H and O–H groups in total. The fourth-order valence-corrected chi connectivity index (χ4v) is 3.53. The van der Waals surface area contributed by atoms with Gasteiger partial charge in [-0.1, -0.05) is 56.3 Å². The molecule has 0 bridgehead atoms.